The monoisotopic (exact) mass is 464 g/mol. The summed E-state index contributed by atoms with van der Waals surface area (Å²) in [6.07, 6.45) is 7.95. The molecule has 4 atom stereocenters. The number of methoxy groups -OCH3 is 1. The van der Waals surface area contributed by atoms with Crippen molar-refractivity contribution in [1.82, 2.24) is 10.6 Å². The molecule has 2 N–H and O–H groups in total. The van der Waals surface area contributed by atoms with Crippen molar-refractivity contribution in [3.63, 3.8) is 0 Å². The summed E-state index contributed by atoms with van der Waals surface area (Å²) in [6, 6.07) is 4.08. The molecule has 5 aliphatic carbocycles. The number of carbonyl (C=O) groups excluding carboxylic acids is 2. The smallest absolute Gasteiger partial charge is 0.258 e. The second-order valence-corrected chi connectivity index (χ2v) is 10.8. The maximum absolute atomic E-state index is 13.5. The summed E-state index contributed by atoms with van der Waals surface area (Å²) in [7, 11) is 1.78. The number of hydrogen-bond acceptors (Lipinski definition) is 4. The SMILES string of the molecule is COC1CCC2CC(C(=O)NC34CC(NC(=O)COc5ccc(Cl)c(F)c5)(C3)C4)CC2C1. The Labute approximate surface area is 192 Å². The highest BCUT2D eigenvalue weighted by atomic mass is 35.5. The van der Waals surface area contributed by atoms with E-state index >= 15 is 0 Å². The van der Waals surface area contributed by atoms with E-state index in [1.165, 1.54) is 12.1 Å². The lowest BCUT2D eigenvalue weighted by atomic mass is 9.44. The molecule has 6 rings (SSSR count). The number of halogens is 2. The first kappa shape index (κ1) is 22.0. The topological polar surface area (TPSA) is 76.7 Å². The van der Waals surface area contributed by atoms with E-state index < -0.39 is 5.82 Å². The normalized spacial score (nSPS) is 37.0. The van der Waals surface area contributed by atoms with E-state index in [0.717, 1.165) is 57.4 Å². The lowest BCUT2D eigenvalue weighted by Crippen LogP contribution is -2.84. The highest BCUT2D eigenvalue weighted by Crippen LogP contribution is 2.60. The number of hydrogen-bond donors (Lipinski definition) is 2. The first-order chi connectivity index (χ1) is 15.3. The minimum Gasteiger partial charge on any atom is -0.484 e. The van der Waals surface area contributed by atoms with Gasteiger partial charge in [-0.2, -0.15) is 0 Å². The van der Waals surface area contributed by atoms with Gasteiger partial charge in [0.15, 0.2) is 6.61 Å². The Morgan fingerprint density at radius 2 is 1.81 bits per heavy atom. The predicted octanol–water partition coefficient (Wildman–Crippen LogP) is 3.61. The second-order valence-electron chi connectivity index (χ2n) is 10.4. The number of benzene rings is 1. The van der Waals surface area contributed by atoms with E-state index in [2.05, 4.69) is 10.6 Å². The van der Waals surface area contributed by atoms with Crippen LogP contribution in [0.2, 0.25) is 5.02 Å². The van der Waals surface area contributed by atoms with E-state index in [1.807, 2.05) is 0 Å². The minimum atomic E-state index is -0.582. The van der Waals surface area contributed by atoms with Crippen LogP contribution >= 0.6 is 11.6 Å². The molecule has 1 aromatic carbocycles. The van der Waals surface area contributed by atoms with Gasteiger partial charge in [0.25, 0.3) is 5.91 Å². The van der Waals surface area contributed by atoms with Crippen LogP contribution in [0.5, 0.6) is 5.75 Å². The average Bonchev–Trinajstić information content (AvgIpc) is 3.15. The van der Waals surface area contributed by atoms with Gasteiger partial charge in [-0.05, 0) is 75.3 Å². The molecule has 32 heavy (non-hydrogen) atoms. The van der Waals surface area contributed by atoms with Gasteiger partial charge in [-0.15, -0.1) is 0 Å². The summed E-state index contributed by atoms with van der Waals surface area (Å²) in [5, 5.41) is 6.33. The molecule has 0 aliphatic heterocycles. The van der Waals surface area contributed by atoms with Crippen LogP contribution in [0.4, 0.5) is 4.39 Å². The van der Waals surface area contributed by atoms with Gasteiger partial charge in [0.1, 0.15) is 11.6 Å². The molecule has 2 amide bonds. The van der Waals surface area contributed by atoms with Crippen molar-refractivity contribution in [1.29, 1.82) is 0 Å². The maximum Gasteiger partial charge on any atom is 0.258 e. The molecule has 8 heteroatoms. The zero-order valence-electron chi connectivity index (χ0n) is 18.3. The summed E-state index contributed by atoms with van der Waals surface area (Å²) in [4.78, 5) is 25.2. The fourth-order valence-electron chi connectivity index (χ4n) is 6.60. The van der Waals surface area contributed by atoms with Crippen molar-refractivity contribution in [2.45, 2.75) is 68.5 Å². The van der Waals surface area contributed by atoms with E-state index in [-0.39, 0.29) is 46.2 Å². The Balaban J connectivity index is 1.05. The number of carbonyl (C=O) groups is 2. The lowest BCUT2D eigenvalue weighted by molar-refractivity contribution is -0.152. The number of fused-ring (bicyclic) bond motifs is 1. The third-order valence-corrected chi connectivity index (χ3v) is 8.36. The minimum absolute atomic E-state index is 0.0125. The van der Waals surface area contributed by atoms with Gasteiger partial charge in [-0.25, -0.2) is 4.39 Å². The Morgan fingerprint density at radius 3 is 2.53 bits per heavy atom. The number of amides is 2. The summed E-state index contributed by atoms with van der Waals surface area (Å²) in [5.74, 6) is 0.989. The Kier molecular flexibility index (Phi) is 5.61. The number of ether oxygens (including phenoxy) is 2. The molecule has 6 nitrogen and oxygen atoms in total. The first-order valence-electron chi connectivity index (χ1n) is 11.5. The van der Waals surface area contributed by atoms with Crippen molar-refractivity contribution in [2.75, 3.05) is 13.7 Å². The Bertz CT molecular complexity index is 905. The van der Waals surface area contributed by atoms with Crippen LogP contribution in [-0.4, -0.2) is 42.7 Å². The van der Waals surface area contributed by atoms with E-state index in [1.54, 1.807) is 7.11 Å². The van der Waals surface area contributed by atoms with Gasteiger partial charge < -0.3 is 20.1 Å². The number of nitrogens with one attached hydrogen (secondary N) is 2. The molecule has 4 unspecified atom stereocenters. The highest BCUT2D eigenvalue weighted by molar-refractivity contribution is 6.30. The van der Waals surface area contributed by atoms with Crippen molar-refractivity contribution < 1.29 is 23.5 Å². The molecule has 2 bridgehead atoms. The quantitative estimate of drug-likeness (QED) is 0.646. The Morgan fingerprint density at radius 1 is 1.09 bits per heavy atom. The Hall–Kier alpha value is -1.86. The fourth-order valence-corrected chi connectivity index (χ4v) is 6.72. The van der Waals surface area contributed by atoms with Gasteiger partial charge >= 0.3 is 0 Å². The molecule has 0 heterocycles. The van der Waals surface area contributed by atoms with E-state index in [9.17, 15) is 14.0 Å². The third kappa shape index (κ3) is 4.10. The van der Waals surface area contributed by atoms with E-state index in [0.29, 0.717) is 17.9 Å². The molecule has 0 radical (unpaired) electrons. The van der Waals surface area contributed by atoms with Crippen LogP contribution in [0.25, 0.3) is 0 Å². The molecule has 0 spiro atoms. The molecule has 0 aromatic heterocycles. The molecule has 0 saturated heterocycles. The molecular weight excluding hydrogens is 435 g/mol. The van der Waals surface area contributed by atoms with Crippen LogP contribution in [0.3, 0.4) is 0 Å². The van der Waals surface area contributed by atoms with Gasteiger partial charge in [0.05, 0.1) is 11.1 Å². The summed E-state index contributed by atoms with van der Waals surface area (Å²) in [5.41, 5.74) is -0.401. The van der Waals surface area contributed by atoms with Crippen LogP contribution in [0.15, 0.2) is 18.2 Å². The number of rotatable bonds is 7. The zero-order chi connectivity index (χ0) is 22.5. The van der Waals surface area contributed by atoms with Gasteiger partial charge in [-0.1, -0.05) is 11.6 Å². The first-order valence-corrected chi connectivity index (χ1v) is 11.9. The van der Waals surface area contributed by atoms with Gasteiger partial charge in [0.2, 0.25) is 5.91 Å². The molecular formula is C24H30ClFN2O4. The van der Waals surface area contributed by atoms with Crippen molar-refractivity contribution >= 4 is 23.4 Å². The fraction of sp³-hybridized carbons (Fsp3) is 0.667. The van der Waals surface area contributed by atoms with Gasteiger partial charge in [-0.3, -0.25) is 9.59 Å². The maximum atomic E-state index is 13.5. The van der Waals surface area contributed by atoms with Crippen molar-refractivity contribution in [3.05, 3.63) is 29.0 Å². The zero-order valence-corrected chi connectivity index (χ0v) is 19.1. The average molecular weight is 465 g/mol. The highest BCUT2D eigenvalue weighted by Gasteiger charge is 2.69. The summed E-state index contributed by atoms with van der Waals surface area (Å²) >= 11 is 5.65. The molecule has 5 aliphatic rings. The third-order valence-electron chi connectivity index (χ3n) is 8.05. The standard InChI is InChI=1S/C24H30ClFN2O4/c1-31-17-3-2-14-6-16(7-15(14)8-17)22(30)28-24-11-23(12-24,13-24)27-21(29)10-32-18-4-5-19(25)20(26)9-18/h4-5,9,14-17H,2-3,6-8,10-13H2,1H3,(H,27,29)(H,28,30). The largest absolute Gasteiger partial charge is 0.484 e. The van der Waals surface area contributed by atoms with Crippen LogP contribution in [0, 0.1) is 23.6 Å². The molecule has 5 fully saturated rings. The predicted molar refractivity (Wildman–Crippen MR) is 117 cm³/mol. The van der Waals surface area contributed by atoms with Gasteiger partial charge in [0, 0.05) is 30.2 Å². The second kappa shape index (κ2) is 8.17. The molecule has 1 aromatic rings. The lowest BCUT2D eigenvalue weighted by Gasteiger charge is -2.70. The van der Waals surface area contributed by atoms with Crippen molar-refractivity contribution in [3.8, 4) is 5.75 Å². The van der Waals surface area contributed by atoms with Crippen LogP contribution in [-0.2, 0) is 14.3 Å². The van der Waals surface area contributed by atoms with Crippen LogP contribution in [0.1, 0.15) is 51.4 Å². The summed E-state index contributed by atoms with van der Waals surface area (Å²) < 4.78 is 24.4. The molecule has 5 saturated carbocycles. The molecule has 174 valence electrons. The van der Waals surface area contributed by atoms with Crippen LogP contribution < -0.4 is 15.4 Å². The summed E-state index contributed by atoms with van der Waals surface area (Å²) in [6.45, 7) is -0.185. The van der Waals surface area contributed by atoms with E-state index in [4.69, 9.17) is 21.1 Å². The van der Waals surface area contributed by atoms with Crippen molar-refractivity contribution in [2.24, 2.45) is 17.8 Å².